The Hall–Kier alpha value is -1.44. The Balaban J connectivity index is 1.26. The lowest BCUT2D eigenvalue weighted by molar-refractivity contribution is -0.131. The zero-order chi connectivity index (χ0) is 20.9. The Morgan fingerprint density at radius 3 is 2.20 bits per heavy atom. The summed E-state index contributed by atoms with van der Waals surface area (Å²) in [7, 11) is -2.45. The molecule has 6 rings (SSSR count). The van der Waals surface area contributed by atoms with Crippen LogP contribution in [0.4, 0.5) is 0 Å². The van der Waals surface area contributed by atoms with Crippen molar-refractivity contribution in [2.24, 2.45) is 29.1 Å². The molecule has 1 atom stereocenters. The lowest BCUT2D eigenvalue weighted by Crippen LogP contribution is -2.51. The molecule has 4 bridgehead atoms. The lowest BCUT2D eigenvalue weighted by atomic mass is 9.50. The number of benzene rings is 1. The second-order valence-corrected chi connectivity index (χ2v) is 12.0. The summed E-state index contributed by atoms with van der Waals surface area (Å²) in [6, 6.07) is 8.43. The van der Waals surface area contributed by atoms with E-state index in [2.05, 4.69) is 4.72 Å². The van der Waals surface area contributed by atoms with E-state index < -0.39 is 22.3 Å². The normalized spacial score (nSPS) is 33.6. The molecule has 1 aromatic rings. The molecule has 1 aromatic carbocycles. The molecule has 5 fully saturated rings. The highest BCUT2D eigenvalue weighted by Gasteiger charge is 2.52. The Kier molecular flexibility index (Phi) is 5.19. The van der Waals surface area contributed by atoms with Gasteiger partial charge >= 0.3 is 10.2 Å². The molecule has 164 valence electrons. The maximum Gasteiger partial charge on any atom is 0.306 e. The molecule has 0 spiro atoms. The minimum Gasteiger partial charge on any atom is -0.361 e. The summed E-state index contributed by atoms with van der Waals surface area (Å²) >= 11 is 0. The van der Waals surface area contributed by atoms with Crippen LogP contribution in [-0.2, 0) is 14.9 Å². The van der Waals surface area contributed by atoms with E-state index in [1.807, 2.05) is 0 Å². The molecule has 0 aliphatic heterocycles. The maximum atomic E-state index is 12.9. The van der Waals surface area contributed by atoms with Crippen molar-refractivity contribution in [1.82, 2.24) is 9.03 Å². The average molecular weight is 433 g/mol. The molecule has 0 heterocycles. The van der Waals surface area contributed by atoms with Gasteiger partial charge in [-0.1, -0.05) is 18.2 Å². The predicted molar refractivity (Wildman–Crippen MR) is 114 cm³/mol. The zero-order valence-corrected chi connectivity index (χ0v) is 18.4. The molecule has 0 saturated heterocycles. The van der Waals surface area contributed by atoms with Gasteiger partial charge in [0, 0.05) is 12.6 Å². The number of hydrogen-bond acceptors (Lipinski definition) is 4. The van der Waals surface area contributed by atoms with E-state index in [1.165, 1.54) is 49.9 Å². The summed E-state index contributed by atoms with van der Waals surface area (Å²) in [4.78, 5) is 12.4. The van der Waals surface area contributed by atoms with Gasteiger partial charge in [-0.15, -0.1) is 0 Å². The Labute approximate surface area is 179 Å². The van der Waals surface area contributed by atoms with Gasteiger partial charge in [0.2, 0.25) is 0 Å². The minimum absolute atomic E-state index is 0.215. The molecule has 5 saturated carbocycles. The SMILES string of the molecule is CN(C(OCC12CC3CC(CC(C3)C1)C2)C1CC1)S(=O)(=O)NC(=O)c1ccccc1. The number of amides is 1. The van der Waals surface area contributed by atoms with E-state index in [-0.39, 0.29) is 11.3 Å². The molecule has 5 aliphatic rings. The molecule has 0 aromatic heterocycles. The first kappa shape index (κ1) is 20.5. The van der Waals surface area contributed by atoms with Crippen molar-refractivity contribution >= 4 is 16.1 Å². The topological polar surface area (TPSA) is 75.7 Å². The molecular weight excluding hydrogens is 400 g/mol. The summed E-state index contributed by atoms with van der Waals surface area (Å²) < 4.78 is 35.7. The summed E-state index contributed by atoms with van der Waals surface area (Å²) in [6.07, 6.45) is 9.28. The van der Waals surface area contributed by atoms with Crippen LogP contribution in [0.2, 0.25) is 0 Å². The number of rotatable bonds is 8. The number of ether oxygens (including phenoxy) is 1. The van der Waals surface area contributed by atoms with Crippen molar-refractivity contribution in [2.75, 3.05) is 13.7 Å². The molecule has 0 radical (unpaired) electrons. The van der Waals surface area contributed by atoms with Crippen molar-refractivity contribution < 1.29 is 17.9 Å². The van der Waals surface area contributed by atoms with Gasteiger partial charge in [-0.25, -0.2) is 4.72 Å². The third kappa shape index (κ3) is 4.04. The molecule has 1 N–H and O–H groups in total. The quantitative estimate of drug-likeness (QED) is 0.638. The van der Waals surface area contributed by atoms with Gasteiger partial charge in [0.15, 0.2) is 0 Å². The van der Waals surface area contributed by atoms with Crippen molar-refractivity contribution in [3.8, 4) is 0 Å². The van der Waals surface area contributed by atoms with Crippen LogP contribution in [0.15, 0.2) is 30.3 Å². The summed E-state index contributed by atoms with van der Waals surface area (Å²) in [5, 5.41) is 0. The average Bonchev–Trinajstić information content (AvgIpc) is 3.52. The highest BCUT2D eigenvalue weighted by molar-refractivity contribution is 7.87. The van der Waals surface area contributed by atoms with Crippen molar-refractivity contribution in [3.05, 3.63) is 35.9 Å². The van der Waals surface area contributed by atoms with Crippen LogP contribution >= 0.6 is 0 Å². The molecule has 1 unspecified atom stereocenters. The van der Waals surface area contributed by atoms with Crippen molar-refractivity contribution in [3.63, 3.8) is 0 Å². The van der Waals surface area contributed by atoms with Crippen LogP contribution in [0, 0.1) is 29.1 Å². The van der Waals surface area contributed by atoms with Crippen molar-refractivity contribution in [2.45, 2.75) is 57.6 Å². The Morgan fingerprint density at radius 2 is 1.67 bits per heavy atom. The maximum absolute atomic E-state index is 12.9. The highest BCUT2D eigenvalue weighted by atomic mass is 32.2. The second-order valence-electron chi connectivity index (χ2n) is 10.3. The first-order valence-electron chi connectivity index (χ1n) is 11.3. The van der Waals surface area contributed by atoms with Crippen LogP contribution in [0.5, 0.6) is 0 Å². The molecule has 6 nitrogen and oxygen atoms in total. The monoisotopic (exact) mass is 432 g/mol. The standard InChI is InChI=1S/C23H32N2O4S/c1-25(30(27,28)24-21(26)19-5-3-2-4-6-19)22(20-7-8-20)29-15-23-12-16-9-17(13-23)11-18(10-16)14-23/h2-6,16-18,20,22H,7-15H2,1H3,(H,24,26). The fourth-order valence-corrected chi connectivity index (χ4v) is 7.63. The van der Waals surface area contributed by atoms with Gasteiger partial charge in [0.05, 0.1) is 6.61 Å². The van der Waals surface area contributed by atoms with Gasteiger partial charge in [-0.05, 0) is 92.6 Å². The number of carbonyl (C=O) groups is 1. The zero-order valence-electron chi connectivity index (χ0n) is 17.6. The number of carbonyl (C=O) groups excluding carboxylic acids is 1. The molecule has 7 heteroatoms. The van der Waals surface area contributed by atoms with E-state index in [0.29, 0.717) is 12.2 Å². The lowest BCUT2D eigenvalue weighted by Gasteiger charge is -2.57. The predicted octanol–water partition coefficient (Wildman–Crippen LogP) is 3.56. The van der Waals surface area contributed by atoms with E-state index in [4.69, 9.17) is 4.74 Å². The second kappa shape index (κ2) is 7.61. The fraction of sp³-hybridized carbons (Fsp3) is 0.696. The van der Waals surface area contributed by atoms with E-state index in [9.17, 15) is 13.2 Å². The van der Waals surface area contributed by atoms with Crippen LogP contribution in [0.1, 0.15) is 61.7 Å². The molecule has 30 heavy (non-hydrogen) atoms. The third-order valence-electron chi connectivity index (χ3n) is 7.75. The van der Waals surface area contributed by atoms with Gasteiger partial charge < -0.3 is 4.74 Å². The summed E-state index contributed by atoms with van der Waals surface area (Å²) in [6.45, 7) is 0.643. The van der Waals surface area contributed by atoms with E-state index in [1.54, 1.807) is 30.3 Å². The van der Waals surface area contributed by atoms with Crippen LogP contribution in [0.3, 0.4) is 0 Å². The molecule has 1 amide bonds. The molecular formula is C23H32N2O4S. The van der Waals surface area contributed by atoms with Gasteiger partial charge in [-0.3, -0.25) is 4.79 Å². The minimum atomic E-state index is -3.98. The Morgan fingerprint density at radius 1 is 1.10 bits per heavy atom. The number of hydrogen-bond donors (Lipinski definition) is 1. The fourth-order valence-electron chi connectivity index (χ4n) is 6.62. The smallest absolute Gasteiger partial charge is 0.306 e. The molecule has 5 aliphatic carbocycles. The van der Waals surface area contributed by atoms with Crippen molar-refractivity contribution in [1.29, 1.82) is 0 Å². The summed E-state index contributed by atoms with van der Waals surface area (Å²) in [5.41, 5.74) is 0.562. The first-order chi connectivity index (χ1) is 14.3. The number of nitrogens with one attached hydrogen (secondary N) is 1. The third-order valence-corrected chi connectivity index (χ3v) is 9.16. The van der Waals surface area contributed by atoms with Crippen LogP contribution in [0.25, 0.3) is 0 Å². The largest absolute Gasteiger partial charge is 0.361 e. The Bertz CT molecular complexity index is 862. The highest BCUT2D eigenvalue weighted by Crippen LogP contribution is 2.60. The first-order valence-corrected chi connectivity index (χ1v) is 12.7. The van der Waals surface area contributed by atoms with E-state index >= 15 is 0 Å². The van der Waals surface area contributed by atoms with Gasteiger partial charge in [0.25, 0.3) is 5.91 Å². The summed E-state index contributed by atoms with van der Waals surface area (Å²) in [5.74, 6) is 2.12. The van der Waals surface area contributed by atoms with Crippen LogP contribution < -0.4 is 4.72 Å². The van der Waals surface area contributed by atoms with Crippen LogP contribution in [-0.4, -0.2) is 38.5 Å². The number of nitrogens with zero attached hydrogens (tertiary/aromatic N) is 1. The van der Waals surface area contributed by atoms with E-state index in [0.717, 1.165) is 30.6 Å². The van der Waals surface area contributed by atoms with Gasteiger partial charge in [-0.2, -0.15) is 12.7 Å². The van der Waals surface area contributed by atoms with Gasteiger partial charge in [0.1, 0.15) is 6.23 Å².